The molecule has 2 aromatic heterocycles. The van der Waals surface area contributed by atoms with E-state index in [0.717, 1.165) is 16.5 Å². The number of aromatic nitrogens is 3. The van der Waals surface area contributed by atoms with Gasteiger partial charge < -0.3 is 0 Å². The zero-order valence-electron chi connectivity index (χ0n) is 7.43. The number of aryl methyl sites for hydroxylation is 1. The highest BCUT2D eigenvalue weighted by atomic mass is 32.1. The van der Waals surface area contributed by atoms with Crippen LogP contribution in [-0.2, 0) is 6.42 Å². The summed E-state index contributed by atoms with van der Waals surface area (Å²) in [7, 11) is 0. The first-order valence-corrected chi connectivity index (χ1v) is 5.63. The molecule has 4 nitrogen and oxygen atoms in total. The van der Waals surface area contributed by atoms with Gasteiger partial charge in [0.2, 0.25) is 0 Å². The number of hydrogen-bond acceptors (Lipinski definition) is 6. The van der Waals surface area contributed by atoms with E-state index in [1.54, 1.807) is 13.1 Å². The molecule has 14 heavy (non-hydrogen) atoms. The summed E-state index contributed by atoms with van der Waals surface area (Å²) in [5.41, 5.74) is 0.705. The highest BCUT2D eigenvalue weighted by Crippen LogP contribution is 2.14. The molecule has 0 fully saturated rings. The summed E-state index contributed by atoms with van der Waals surface area (Å²) >= 11 is 2.63. The zero-order valence-corrected chi connectivity index (χ0v) is 9.06. The van der Waals surface area contributed by atoms with Crippen LogP contribution in [0.3, 0.4) is 0 Å². The lowest BCUT2D eigenvalue weighted by molar-refractivity contribution is 0.0996. The van der Waals surface area contributed by atoms with E-state index in [2.05, 4.69) is 14.6 Å². The second-order valence-electron chi connectivity index (χ2n) is 2.71. The van der Waals surface area contributed by atoms with Crippen LogP contribution in [-0.4, -0.2) is 20.4 Å². The molecule has 0 unspecified atom stereocenters. The van der Waals surface area contributed by atoms with Crippen molar-refractivity contribution in [1.82, 2.24) is 14.6 Å². The van der Waals surface area contributed by atoms with Gasteiger partial charge in [0.05, 0.1) is 12.1 Å². The van der Waals surface area contributed by atoms with Crippen molar-refractivity contribution in [3.63, 3.8) is 0 Å². The summed E-state index contributed by atoms with van der Waals surface area (Å²) < 4.78 is 3.73. The van der Waals surface area contributed by atoms with E-state index in [9.17, 15) is 4.79 Å². The molecular weight excluding hydrogens is 218 g/mol. The van der Waals surface area contributed by atoms with Gasteiger partial charge in [0.1, 0.15) is 9.88 Å². The van der Waals surface area contributed by atoms with E-state index in [-0.39, 0.29) is 5.78 Å². The molecule has 0 amide bonds. The van der Waals surface area contributed by atoms with Gasteiger partial charge >= 0.3 is 0 Å². The Hall–Kier alpha value is -1.14. The maximum absolute atomic E-state index is 11.7. The van der Waals surface area contributed by atoms with Crippen molar-refractivity contribution < 1.29 is 4.79 Å². The third-order valence-corrected chi connectivity index (χ3v) is 3.35. The van der Waals surface area contributed by atoms with Crippen LogP contribution in [0.25, 0.3) is 0 Å². The lowest BCUT2D eigenvalue weighted by Gasteiger charge is -1.93. The lowest BCUT2D eigenvalue weighted by Crippen LogP contribution is -2.02. The molecule has 0 bridgehead atoms. The minimum atomic E-state index is 0.0486. The topological polar surface area (TPSA) is 55.7 Å². The summed E-state index contributed by atoms with van der Waals surface area (Å²) in [6.07, 6.45) is 2.05. The van der Waals surface area contributed by atoms with E-state index < -0.39 is 0 Å². The molecule has 0 spiro atoms. The minimum absolute atomic E-state index is 0.0486. The van der Waals surface area contributed by atoms with E-state index in [1.807, 2.05) is 5.38 Å². The average Bonchev–Trinajstić information content (AvgIpc) is 2.75. The minimum Gasteiger partial charge on any atom is -0.293 e. The fourth-order valence-corrected chi connectivity index (χ4v) is 2.25. The Morgan fingerprint density at radius 2 is 2.43 bits per heavy atom. The quantitative estimate of drug-likeness (QED) is 0.746. The largest absolute Gasteiger partial charge is 0.293 e. The molecule has 2 aromatic rings. The van der Waals surface area contributed by atoms with Gasteiger partial charge in [0.15, 0.2) is 5.78 Å². The molecule has 0 aromatic carbocycles. The Morgan fingerprint density at radius 1 is 1.57 bits per heavy atom. The molecule has 2 rings (SSSR count). The van der Waals surface area contributed by atoms with E-state index in [1.165, 1.54) is 11.3 Å². The molecule has 0 N–H and O–H groups in total. The molecule has 0 aliphatic rings. The predicted molar refractivity (Wildman–Crippen MR) is 54.8 cm³/mol. The first-order chi connectivity index (χ1) is 6.77. The van der Waals surface area contributed by atoms with Crippen LogP contribution in [0.15, 0.2) is 11.6 Å². The van der Waals surface area contributed by atoms with Crippen LogP contribution in [0.2, 0.25) is 0 Å². The van der Waals surface area contributed by atoms with E-state index >= 15 is 0 Å². The SMILES string of the molecule is Cc1nnsc1C(=O)Cc1nccs1. The molecule has 72 valence electrons. The van der Waals surface area contributed by atoms with Crippen LogP contribution in [0.4, 0.5) is 0 Å². The maximum atomic E-state index is 11.7. The van der Waals surface area contributed by atoms with Crippen LogP contribution in [0.1, 0.15) is 20.4 Å². The van der Waals surface area contributed by atoms with Gasteiger partial charge in [-0.15, -0.1) is 16.4 Å². The maximum Gasteiger partial charge on any atom is 0.183 e. The molecule has 0 radical (unpaired) electrons. The van der Waals surface area contributed by atoms with Gasteiger partial charge in [-0.1, -0.05) is 4.49 Å². The van der Waals surface area contributed by atoms with Crippen LogP contribution in [0, 0.1) is 6.92 Å². The summed E-state index contributed by atoms with van der Waals surface area (Å²) in [6, 6.07) is 0. The normalized spacial score (nSPS) is 10.4. The molecule has 0 saturated carbocycles. The van der Waals surface area contributed by atoms with Gasteiger partial charge in [-0.25, -0.2) is 4.98 Å². The fraction of sp³-hybridized carbons (Fsp3) is 0.250. The van der Waals surface area contributed by atoms with Crippen LogP contribution >= 0.6 is 22.9 Å². The number of hydrogen-bond donors (Lipinski definition) is 0. The molecule has 0 saturated heterocycles. The number of carbonyl (C=O) groups is 1. The first-order valence-electron chi connectivity index (χ1n) is 3.98. The standard InChI is InChI=1S/C8H7N3OS2/c1-5-8(14-11-10-5)6(12)4-7-9-2-3-13-7/h2-3H,4H2,1H3. The second kappa shape index (κ2) is 3.93. The van der Waals surface area contributed by atoms with Gasteiger partial charge in [0.25, 0.3) is 0 Å². The molecule has 0 aliphatic carbocycles. The highest BCUT2D eigenvalue weighted by Gasteiger charge is 2.14. The Labute approximate surface area is 88.8 Å². The number of ketones is 1. The molecular formula is C8H7N3OS2. The van der Waals surface area contributed by atoms with Crippen LogP contribution in [0.5, 0.6) is 0 Å². The van der Waals surface area contributed by atoms with Gasteiger partial charge in [-0.05, 0) is 18.5 Å². The summed E-state index contributed by atoms with van der Waals surface area (Å²) in [5.74, 6) is 0.0486. The summed E-state index contributed by atoms with van der Waals surface area (Å²) in [4.78, 5) is 16.4. The number of rotatable bonds is 3. The monoisotopic (exact) mass is 225 g/mol. The number of nitrogens with zero attached hydrogens (tertiary/aromatic N) is 3. The number of thiazole rings is 1. The number of carbonyl (C=O) groups excluding carboxylic acids is 1. The van der Waals surface area contributed by atoms with Crippen molar-refractivity contribution in [2.75, 3.05) is 0 Å². The Morgan fingerprint density at radius 3 is 3.00 bits per heavy atom. The van der Waals surface area contributed by atoms with Crippen molar-refractivity contribution in [2.24, 2.45) is 0 Å². The highest BCUT2D eigenvalue weighted by molar-refractivity contribution is 7.10. The first kappa shape index (κ1) is 9.42. The summed E-state index contributed by atoms with van der Waals surface area (Å²) in [5, 5.41) is 6.50. The second-order valence-corrected chi connectivity index (χ2v) is 4.45. The molecule has 2 heterocycles. The smallest absolute Gasteiger partial charge is 0.183 e. The van der Waals surface area contributed by atoms with Crippen molar-refractivity contribution in [3.8, 4) is 0 Å². The molecule has 6 heteroatoms. The van der Waals surface area contributed by atoms with Gasteiger partial charge in [0, 0.05) is 11.6 Å². The third-order valence-electron chi connectivity index (χ3n) is 1.70. The zero-order chi connectivity index (χ0) is 9.97. The molecule has 0 aliphatic heterocycles. The Kier molecular flexibility index (Phi) is 2.64. The van der Waals surface area contributed by atoms with Crippen LogP contribution < -0.4 is 0 Å². The van der Waals surface area contributed by atoms with Gasteiger partial charge in [-0.3, -0.25) is 4.79 Å². The Balaban J connectivity index is 2.14. The third kappa shape index (κ3) is 1.85. The lowest BCUT2D eigenvalue weighted by atomic mass is 10.2. The van der Waals surface area contributed by atoms with Crippen molar-refractivity contribution in [3.05, 3.63) is 27.2 Å². The predicted octanol–water partition coefficient (Wildman–Crippen LogP) is 1.73. The average molecular weight is 225 g/mol. The van der Waals surface area contributed by atoms with Gasteiger partial charge in [-0.2, -0.15) is 0 Å². The van der Waals surface area contributed by atoms with E-state index in [4.69, 9.17) is 0 Å². The van der Waals surface area contributed by atoms with Crippen molar-refractivity contribution in [1.29, 1.82) is 0 Å². The number of Topliss-reactive ketones (excluding diaryl/α,β-unsaturated/α-hetero) is 1. The summed E-state index contributed by atoms with van der Waals surface area (Å²) in [6.45, 7) is 1.79. The fourth-order valence-electron chi connectivity index (χ4n) is 1.04. The van der Waals surface area contributed by atoms with E-state index in [0.29, 0.717) is 17.0 Å². The Bertz CT molecular complexity index is 435. The van der Waals surface area contributed by atoms with Crippen molar-refractivity contribution in [2.45, 2.75) is 13.3 Å². The van der Waals surface area contributed by atoms with Crippen molar-refractivity contribution >= 4 is 28.7 Å². The molecule has 0 atom stereocenters.